The van der Waals surface area contributed by atoms with Crippen molar-refractivity contribution >= 4 is 5.97 Å². The molecule has 4 rings (SSSR count). The molecule has 0 amide bonds. The van der Waals surface area contributed by atoms with E-state index in [0.29, 0.717) is 6.61 Å². The standard InChI is InChI=1S/C16H26O3/c1-3-4-19-16-8-13-5-14(9-16)7-15(6-13,10-16)11-18-12(2)17/h13-14H,3-11H2,1-2H3. The van der Waals surface area contributed by atoms with Crippen LogP contribution in [0.3, 0.4) is 0 Å². The van der Waals surface area contributed by atoms with Crippen molar-refractivity contribution in [1.82, 2.24) is 0 Å². The van der Waals surface area contributed by atoms with Crippen LogP contribution in [0.2, 0.25) is 0 Å². The molecule has 2 atom stereocenters. The lowest BCUT2D eigenvalue weighted by Gasteiger charge is -2.61. The minimum atomic E-state index is -0.140. The Balaban J connectivity index is 1.74. The Morgan fingerprint density at radius 3 is 2.47 bits per heavy atom. The Bertz CT molecular complexity index is 349. The first kappa shape index (κ1) is 13.4. The molecule has 0 saturated heterocycles. The number of ether oxygens (including phenoxy) is 2. The molecule has 0 aromatic heterocycles. The van der Waals surface area contributed by atoms with Gasteiger partial charge in [0.25, 0.3) is 0 Å². The molecule has 0 aliphatic heterocycles. The van der Waals surface area contributed by atoms with Crippen molar-refractivity contribution in [3.05, 3.63) is 0 Å². The van der Waals surface area contributed by atoms with Gasteiger partial charge in [-0.3, -0.25) is 4.79 Å². The highest BCUT2D eigenvalue weighted by Gasteiger charge is 2.58. The van der Waals surface area contributed by atoms with Crippen LogP contribution in [0, 0.1) is 17.3 Å². The predicted octanol–water partition coefficient (Wildman–Crippen LogP) is 3.32. The van der Waals surface area contributed by atoms with Gasteiger partial charge in [0, 0.05) is 18.9 Å². The van der Waals surface area contributed by atoms with Crippen LogP contribution >= 0.6 is 0 Å². The normalized spacial score (nSPS) is 43.5. The van der Waals surface area contributed by atoms with E-state index in [1.54, 1.807) is 0 Å². The molecule has 4 aliphatic rings. The third kappa shape index (κ3) is 2.54. The van der Waals surface area contributed by atoms with Gasteiger partial charge in [0.05, 0.1) is 12.2 Å². The number of carbonyl (C=O) groups is 1. The van der Waals surface area contributed by atoms with Crippen LogP contribution < -0.4 is 0 Å². The van der Waals surface area contributed by atoms with Crippen LogP contribution in [0.25, 0.3) is 0 Å². The largest absolute Gasteiger partial charge is 0.465 e. The summed E-state index contributed by atoms with van der Waals surface area (Å²) in [6.45, 7) is 5.19. The molecule has 0 heterocycles. The molecular formula is C16H26O3. The molecule has 2 unspecified atom stereocenters. The van der Waals surface area contributed by atoms with Gasteiger partial charge < -0.3 is 9.47 Å². The second kappa shape index (κ2) is 4.76. The fourth-order valence-corrected chi connectivity index (χ4v) is 5.28. The van der Waals surface area contributed by atoms with Crippen LogP contribution in [0.1, 0.15) is 58.8 Å². The van der Waals surface area contributed by atoms with Crippen LogP contribution in [0.15, 0.2) is 0 Å². The van der Waals surface area contributed by atoms with Crippen molar-refractivity contribution in [2.45, 2.75) is 64.4 Å². The van der Waals surface area contributed by atoms with Gasteiger partial charge in [-0.1, -0.05) is 6.92 Å². The molecule has 0 aromatic carbocycles. The number of hydrogen-bond donors (Lipinski definition) is 0. The Kier molecular flexibility index (Phi) is 3.36. The van der Waals surface area contributed by atoms with Crippen molar-refractivity contribution < 1.29 is 14.3 Å². The first-order chi connectivity index (χ1) is 9.05. The van der Waals surface area contributed by atoms with Gasteiger partial charge in [0.1, 0.15) is 0 Å². The molecular weight excluding hydrogens is 240 g/mol. The van der Waals surface area contributed by atoms with Crippen molar-refractivity contribution in [3.8, 4) is 0 Å². The summed E-state index contributed by atoms with van der Waals surface area (Å²) in [5.41, 5.74) is 0.337. The summed E-state index contributed by atoms with van der Waals surface area (Å²) < 4.78 is 11.7. The third-order valence-corrected chi connectivity index (χ3v) is 5.32. The summed E-state index contributed by atoms with van der Waals surface area (Å²) in [5.74, 6) is 1.46. The minimum absolute atomic E-state index is 0.111. The minimum Gasteiger partial charge on any atom is -0.465 e. The lowest BCUT2D eigenvalue weighted by Crippen LogP contribution is -2.58. The zero-order valence-corrected chi connectivity index (χ0v) is 12.2. The Morgan fingerprint density at radius 2 is 1.89 bits per heavy atom. The zero-order chi connectivity index (χ0) is 13.5. The van der Waals surface area contributed by atoms with Crippen LogP contribution in [-0.2, 0) is 14.3 Å². The Labute approximate surface area is 116 Å². The fourth-order valence-electron chi connectivity index (χ4n) is 5.28. The average Bonchev–Trinajstić information content (AvgIpc) is 2.33. The van der Waals surface area contributed by atoms with Gasteiger partial charge in [-0.15, -0.1) is 0 Å². The number of hydrogen-bond acceptors (Lipinski definition) is 3. The molecule has 0 aromatic rings. The van der Waals surface area contributed by atoms with Gasteiger partial charge in [-0.25, -0.2) is 0 Å². The van der Waals surface area contributed by atoms with Gasteiger partial charge >= 0.3 is 5.97 Å². The van der Waals surface area contributed by atoms with E-state index in [-0.39, 0.29) is 17.0 Å². The van der Waals surface area contributed by atoms with E-state index in [1.165, 1.54) is 39.0 Å². The first-order valence-corrected chi connectivity index (χ1v) is 7.82. The molecule has 3 nitrogen and oxygen atoms in total. The summed E-state index contributed by atoms with van der Waals surface area (Å²) in [6, 6.07) is 0. The molecule has 0 spiro atoms. The highest BCUT2D eigenvalue weighted by molar-refractivity contribution is 5.65. The van der Waals surface area contributed by atoms with Crippen LogP contribution in [-0.4, -0.2) is 24.8 Å². The van der Waals surface area contributed by atoms with E-state index in [4.69, 9.17) is 9.47 Å². The monoisotopic (exact) mass is 266 g/mol. The maximum Gasteiger partial charge on any atom is 0.302 e. The maximum atomic E-state index is 11.1. The van der Waals surface area contributed by atoms with E-state index < -0.39 is 0 Å². The van der Waals surface area contributed by atoms with Gasteiger partial charge in [-0.05, 0) is 56.8 Å². The maximum absolute atomic E-state index is 11.1. The van der Waals surface area contributed by atoms with Gasteiger partial charge in [0.15, 0.2) is 0 Å². The zero-order valence-electron chi connectivity index (χ0n) is 12.2. The molecule has 3 heteroatoms. The van der Waals surface area contributed by atoms with Crippen molar-refractivity contribution in [2.75, 3.05) is 13.2 Å². The number of carbonyl (C=O) groups excluding carboxylic acids is 1. The van der Waals surface area contributed by atoms with Crippen molar-refractivity contribution in [3.63, 3.8) is 0 Å². The second-order valence-corrected chi connectivity index (χ2v) is 7.27. The van der Waals surface area contributed by atoms with Crippen molar-refractivity contribution in [2.24, 2.45) is 17.3 Å². The summed E-state index contributed by atoms with van der Waals surface area (Å²) in [4.78, 5) is 11.1. The highest BCUT2D eigenvalue weighted by atomic mass is 16.5. The molecule has 4 aliphatic carbocycles. The highest BCUT2D eigenvalue weighted by Crippen LogP contribution is 2.62. The molecule has 19 heavy (non-hydrogen) atoms. The summed E-state index contributed by atoms with van der Waals surface area (Å²) in [7, 11) is 0. The molecule has 0 radical (unpaired) electrons. The second-order valence-electron chi connectivity index (χ2n) is 7.27. The SMILES string of the molecule is CCCOC12CC3CC(CC(COC(C)=O)(C3)C1)C2. The summed E-state index contributed by atoms with van der Waals surface area (Å²) in [6.07, 6.45) is 8.55. The molecule has 0 N–H and O–H groups in total. The van der Waals surface area contributed by atoms with Crippen LogP contribution in [0.5, 0.6) is 0 Å². The smallest absolute Gasteiger partial charge is 0.302 e. The third-order valence-electron chi connectivity index (χ3n) is 5.32. The first-order valence-electron chi connectivity index (χ1n) is 7.82. The molecule has 108 valence electrons. The van der Waals surface area contributed by atoms with E-state index in [1.807, 2.05) is 0 Å². The number of esters is 1. The van der Waals surface area contributed by atoms with E-state index in [0.717, 1.165) is 31.3 Å². The summed E-state index contributed by atoms with van der Waals surface area (Å²) >= 11 is 0. The van der Waals surface area contributed by atoms with E-state index in [9.17, 15) is 4.79 Å². The fraction of sp³-hybridized carbons (Fsp3) is 0.938. The Hall–Kier alpha value is -0.570. The van der Waals surface area contributed by atoms with E-state index in [2.05, 4.69) is 6.92 Å². The van der Waals surface area contributed by atoms with E-state index >= 15 is 0 Å². The topological polar surface area (TPSA) is 35.5 Å². The van der Waals surface area contributed by atoms with Crippen molar-refractivity contribution in [1.29, 1.82) is 0 Å². The molecule has 4 bridgehead atoms. The molecule has 4 fully saturated rings. The van der Waals surface area contributed by atoms with Crippen LogP contribution in [0.4, 0.5) is 0 Å². The quantitative estimate of drug-likeness (QED) is 0.716. The number of rotatable bonds is 5. The molecule has 4 saturated carbocycles. The lowest BCUT2D eigenvalue weighted by atomic mass is 9.48. The predicted molar refractivity (Wildman–Crippen MR) is 72.7 cm³/mol. The van der Waals surface area contributed by atoms with Gasteiger partial charge in [-0.2, -0.15) is 0 Å². The average molecular weight is 266 g/mol. The van der Waals surface area contributed by atoms with Gasteiger partial charge in [0.2, 0.25) is 0 Å². The summed E-state index contributed by atoms with van der Waals surface area (Å²) in [5, 5.41) is 0. The Morgan fingerprint density at radius 1 is 1.21 bits per heavy atom. The lowest BCUT2D eigenvalue weighted by molar-refractivity contribution is -0.206.